The summed E-state index contributed by atoms with van der Waals surface area (Å²) in [7, 11) is 0. The first kappa shape index (κ1) is 10.1. The van der Waals surface area contributed by atoms with Gasteiger partial charge < -0.3 is 10.1 Å². The Morgan fingerprint density at radius 1 is 1.53 bits per heavy atom. The first-order valence-electron chi connectivity index (χ1n) is 4.57. The van der Waals surface area contributed by atoms with Crippen molar-refractivity contribution in [2.75, 3.05) is 6.26 Å². The molecule has 0 unspecified atom stereocenters. The van der Waals surface area contributed by atoms with E-state index in [9.17, 15) is 4.79 Å². The summed E-state index contributed by atoms with van der Waals surface area (Å²) in [5, 5.41) is 9.85. The van der Waals surface area contributed by atoms with Crippen LogP contribution < -0.4 is 0 Å². The number of hydrogen-bond donors (Lipinski definition) is 2. The van der Waals surface area contributed by atoms with Crippen molar-refractivity contribution < 1.29 is 9.90 Å². The summed E-state index contributed by atoms with van der Waals surface area (Å²) >= 11 is 1.62. The molecule has 0 amide bonds. The van der Waals surface area contributed by atoms with Crippen molar-refractivity contribution in [3.05, 3.63) is 30.0 Å². The number of aromatic nitrogens is 1. The lowest BCUT2D eigenvalue weighted by Gasteiger charge is -2.01. The molecule has 0 atom stereocenters. The summed E-state index contributed by atoms with van der Waals surface area (Å²) in [6, 6.07) is 5.70. The molecule has 3 nitrogen and oxygen atoms in total. The number of carbonyl (C=O) groups is 1. The van der Waals surface area contributed by atoms with Crippen LogP contribution in [0.1, 0.15) is 5.56 Å². The van der Waals surface area contributed by atoms with Crippen molar-refractivity contribution in [3.8, 4) is 0 Å². The Hall–Kier alpha value is -1.42. The first-order chi connectivity index (χ1) is 7.22. The van der Waals surface area contributed by atoms with Gasteiger partial charge in [0.25, 0.3) is 0 Å². The first-order valence-corrected chi connectivity index (χ1v) is 5.79. The summed E-state index contributed by atoms with van der Waals surface area (Å²) in [6.45, 7) is 0. The highest BCUT2D eigenvalue weighted by molar-refractivity contribution is 7.98. The molecule has 0 aliphatic rings. The van der Waals surface area contributed by atoms with Gasteiger partial charge in [0.15, 0.2) is 0 Å². The van der Waals surface area contributed by atoms with Gasteiger partial charge in [-0.1, -0.05) is 12.1 Å². The molecule has 0 radical (unpaired) electrons. The number of aromatic amines is 1. The maximum atomic E-state index is 10.7. The second kappa shape index (κ2) is 3.98. The molecule has 0 saturated heterocycles. The van der Waals surface area contributed by atoms with Crippen molar-refractivity contribution in [1.29, 1.82) is 0 Å². The maximum Gasteiger partial charge on any atom is 0.307 e. The lowest BCUT2D eigenvalue weighted by molar-refractivity contribution is -0.136. The number of benzene rings is 1. The van der Waals surface area contributed by atoms with Crippen LogP contribution in [0.3, 0.4) is 0 Å². The van der Waals surface area contributed by atoms with Crippen molar-refractivity contribution >= 4 is 28.6 Å². The van der Waals surface area contributed by atoms with E-state index in [1.807, 2.05) is 30.7 Å². The molecule has 2 aromatic rings. The molecule has 15 heavy (non-hydrogen) atoms. The topological polar surface area (TPSA) is 53.1 Å². The third kappa shape index (κ3) is 1.85. The zero-order valence-electron chi connectivity index (χ0n) is 8.28. The standard InChI is InChI=1S/C11H11NO2S/c1-15-9-6-12-8-4-2-3-7(11(8)9)5-10(13)14/h2-4,6,12H,5H2,1H3,(H,13,14)/i10+1. The lowest BCUT2D eigenvalue weighted by Crippen LogP contribution is -2.00. The van der Waals surface area contributed by atoms with Crippen LogP contribution in [0.25, 0.3) is 10.9 Å². The number of carboxylic acids is 1. The number of H-pyrrole nitrogens is 1. The Kier molecular flexibility index (Phi) is 2.68. The number of thioether (sulfide) groups is 1. The van der Waals surface area contributed by atoms with Gasteiger partial charge in [-0.05, 0) is 17.9 Å². The van der Waals surface area contributed by atoms with E-state index >= 15 is 0 Å². The maximum absolute atomic E-state index is 10.7. The molecule has 4 heteroatoms. The highest BCUT2D eigenvalue weighted by atomic mass is 32.2. The number of nitrogens with one attached hydrogen (secondary N) is 1. The fraction of sp³-hybridized carbons (Fsp3) is 0.182. The summed E-state index contributed by atoms with van der Waals surface area (Å²) in [5.41, 5.74) is 1.86. The molecule has 0 spiro atoms. The Morgan fingerprint density at radius 3 is 3.00 bits per heavy atom. The van der Waals surface area contributed by atoms with Crippen LogP contribution in [0.15, 0.2) is 29.3 Å². The van der Waals surface area contributed by atoms with Crippen LogP contribution >= 0.6 is 11.8 Å². The second-order valence-electron chi connectivity index (χ2n) is 3.27. The fourth-order valence-electron chi connectivity index (χ4n) is 1.70. The average Bonchev–Trinajstić information content (AvgIpc) is 2.61. The van der Waals surface area contributed by atoms with Gasteiger partial charge >= 0.3 is 5.97 Å². The fourth-order valence-corrected chi connectivity index (χ4v) is 2.32. The highest BCUT2D eigenvalue weighted by Crippen LogP contribution is 2.29. The van der Waals surface area contributed by atoms with E-state index in [4.69, 9.17) is 5.11 Å². The van der Waals surface area contributed by atoms with Crippen LogP contribution in [-0.2, 0) is 11.2 Å². The van der Waals surface area contributed by atoms with E-state index in [2.05, 4.69) is 4.98 Å². The highest BCUT2D eigenvalue weighted by Gasteiger charge is 2.09. The summed E-state index contributed by atoms with van der Waals surface area (Å²) in [6.07, 6.45) is 3.98. The van der Waals surface area contributed by atoms with Gasteiger partial charge in [-0.25, -0.2) is 0 Å². The zero-order valence-corrected chi connectivity index (χ0v) is 9.10. The smallest absolute Gasteiger partial charge is 0.307 e. The molecule has 2 rings (SSSR count). The number of aliphatic carboxylic acids is 1. The third-order valence-electron chi connectivity index (χ3n) is 2.32. The quantitative estimate of drug-likeness (QED) is 0.619. The number of carboxylic acid groups (broad SMARTS) is 1. The summed E-state index contributed by atoms with van der Waals surface area (Å²) in [4.78, 5) is 15.0. The van der Waals surface area contributed by atoms with Gasteiger partial charge in [0.1, 0.15) is 0 Å². The van der Waals surface area contributed by atoms with E-state index in [-0.39, 0.29) is 6.42 Å². The molecule has 1 heterocycles. The Bertz CT molecular complexity index is 504. The predicted molar refractivity (Wildman–Crippen MR) is 61.4 cm³/mol. The second-order valence-corrected chi connectivity index (χ2v) is 4.12. The normalized spacial score (nSPS) is 10.7. The van der Waals surface area contributed by atoms with Gasteiger partial charge in [0, 0.05) is 22.0 Å². The molecule has 1 aromatic carbocycles. The molecule has 2 N–H and O–H groups in total. The van der Waals surface area contributed by atoms with Gasteiger partial charge in [0.2, 0.25) is 0 Å². The number of hydrogen-bond acceptors (Lipinski definition) is 2. The van der Waals surface area contributed by atoms with Crippen LogP contribution in [0.5, 0.6) is 0 Å². The monoisotopic (exact) mass is 222 g/mol. The van der Waals surface area contributed by atoms with Crippen molar-refractivity contribution in [1.82, 2.24) is 4.98 Å². The Labute approximate surface area is 91.5 Å². The third-order valence-corrected chi connectivity index (χ3v) is 3.08. The zero-order chi connectivity index (χ0) is 10.8. The predicted octanol–water partition coefficient (Wildman–Crippen LogP) is 2.52. The van der Waals surface area contributed by atoms with Gasteiger partial charge in [0.05, 0.1) is 6.42 Å². The van der Waals surface area contributed by atoms with Crippen molar-refractivity contribution in [2.45, 2.75) is 11.3 Å². The molecule has 1 aromatic heterocycles. The molecule has 0 aliphatic carbocycles. The minimum atomic E-state index is -0.796. The van der Waals surface area contributed by atoms with E-state index in [1.54, 1.807) is 11.8 Å². The van der Waals surface area contributed by atoms with E-state index in [1.165, 1.54) is 0 Å². The summed E-state index contributed by atoms with van der Waals surface area (Å²) in [5.74, 6) is -0.796. The molecule has 0 aliphatic heterocycles. The average molecular weight is 222 g/mol. The minimum absolute atomic E-state index is 0.0722. The SMILES string of the molecule is CSc1c[nH]c2cccc(C[13C](=O)O)c12. The molecular weight excluding hydrogens is 211 g/mol. The van der Waals surface area contributed by atoms with Crippen LogP contribution in [-0.4, -0.2) is 22.3 Å². The summed E-state index contributed by atoms with van der Waals surface area (Å²) < 4.78 is 0. The molecule has 78 valence electrons. The Balaban J connectivity index is 2.61. The Morgan fingerprint density at radius 2 is 2.33 bits per heavy atom. The van der Waals surface area contributed by atoms with E-state index < -0.39 is 5.97 Å². The molecule has 0 bridgehead atoms. The van der Waals surface area contributed by atoms with Gasteiger partial charge in [-0.3, -0.25) is 4.79 Å². The molecule has 0 fully saturated rings. The van der Waals surface area contributed by atoms with E-state index in [0.29, 0.717) is 0 Å². The van der Waals surface area contributed by atoms with E-state index in [0.717, 1.165) is 21.4 Å². The largest absolute Gasteiger partial charge is 0.481 e. The van der Waals surface area contributed by atoms with Crippen LogP contribution in [0.2, 0.25) is 0 Å². The lowest BCUT2D eigenvalue weighted by atomic mass is 10.1. The van der Waals surface area contributed by atoms with Gasteiger partial charge in [-0.2, -0.15) is 0 Å². The van der Waals surface area contributed by atoms with Crippen LogP contribution in [0.4, 0.5) is 0 Å². The van der Waals surface area contributed by atoms with Crippen molar-refractivity contribution in [2.24, 2.45) is 0 Å². The minimum Gasteiger partial charge on any atom is -0.481 e. The molecule has 0 saturated carbocycles. The molecular formula is C11H11NO2S. The van der Waals surface area contributed by atoms with Crippen LogP contribution in [0, 0.1) is 0 Å². The van der Waals surface area contributed by atoms with Crippen molar-refractivity contribution in [3.63, 3.8) is 0 Å². The van der Waals surface area contributed by atoms with Gasteiger partial charge in [-0.15, -0.1) is 11.8 Å². The number of rotatable bonds is 3. The number of fused-ring (bicyclic) bond motifs is 1.